The van der Waals surface area contributed by atoms with E-state index in [0.29, 0.717) is 18.6 Å². The molecule has 0 spiro atoms. The predicted molar refractivity (Wildman–Crippen MR) is 83.3 cm³/mol. The van der Waals surface area contributed by atoms with Crippen molar-refractivity contribution >= 4 is 10.8 Å². The van der Waals surface area contributed by atoms with Gasteiger partial charge in [-0.05, 0) is 42.8 Å². The molecule has 0 amide bonds. The summed E-state index contributed by atoms with van der Waals surface area (Å²) < 4.78 is 0. The molecule has 1 unspecified atom stereocenters. The highest BCUT2D eigenvalue weighted by molar-refractivity contribution is 5.83. The summed E-state index contributed by atoms with van der Waals surface area (Å²) in [4.78, 5) is 2.45. The molecule has 2 nitrogen and oxygen atoms in total. The van der Waals surface area contributed by atoms with E-state index in [4.69, 9.17) is 5.73 Å². The number of rotatable bonds is 5. The van der Waals surface area contributed by atoms with E-state index in [1.165, 1.54) is 16.3 Å². The van der Waals surface area contributed by atoms with E-state index in [9.17, 15) is 0 Å². The summed E-state index contributed by atoms with van der Waals surface area (Å²) in [6.07, 6.45) is 0. The van der Waals surface area contributed by atoms with Crippen LogP contribution >= 0.6 is 0 Å². The van der Waals surface area contributed by atoms with Crippen molar-refractivity contribution in [1.29, 1.82) is 0 Å². The van der Waals surface area contributed by atoms with Crippen molar-refractivity contribution in [2.75, 3.05) is 13.1 Å². The van der Waals surface area contributed by atoms with E-state index in [2.05, 4.69) is 68.1 Å². The first kappa shape index (κ1) is 14.0. The maximum atomic E-state index is 6.02. The summed E-state index contributed by atoms with van der Waals surface area (Å²) in [5, 5.41) is 2.58. The van der Waals surface area contributed by atoms with E-state index < -0.39 is 0 Å². The second-order valence-corrected chi connectivity index (χ2v) is 5.28. The van der Waals surface area contributed by atoms with Crippen LogP contribution in [0.2, 0.25) is 0 Å². The van der Waals surface area contributed by atoms with Crippen molar-refractivity contribution in [1.82, 2.24) is 4.90 Å². The zero-order valence-electron chi connectivity index (χ0n) is 12.1. The van der Waals surface area contributed by atoms with Gasteiger partial charge in [0.05, 0.1) is 0 Å². The van der Waals surface area contributed by atoms with Gasteiger partial charge in [0.15, 0.2) is 0 Å². The molecule has 0 saturated heterocycles. The fourth-order valence-electron chi connectivity index (χ4n) is 2.82. The third-order valence-corrected chi connectivity index (χ3v) is 3.81. The van der Waals surface area contributed by atoms with E-state index >= 15 is 0 Å². The van der Waals surface area contributed by atoms with E-state index in [-0.39, 0.29) is 0 Å². The minimum Gasteiger partial charge on any atom is -0.329 e. The lowest BCUT2D eigenvalue weighted by Crippen LogP contribution is -2.38. The molecule has 0 radical (unpaired) electrons. The quantitative estimate of drug-likeness (QED) is 0.886. The number of likely N-dealkylation sites (N-methyl/N-ethyl adjacent to an activating group) is 1. The number of hydrogen-bond acceptors (Lipinski definition) is 2. The van der Waals surface area contributed by atoms with Crippen LogP contribution in [0.3, 0.4) is 0 Å². The van der Waals surface area contributed by atoms with Crippen LogP contribution in [0.4, 0.5) is 0 Å². The Bertz CT molecular complexity index is 534. The van der Waals surface area contributed by atoms with E-state index in [1.807, 2.05) is 0 Å². The minimum atomic E-state index is 0.301. The van der Waals surface area contributed by atoms with Crippen molar-refractivity contribution in [2.45, 2.75) is 32.9 Å². The topological polar surface area (TPSA) is 29.3 Å². The van der Waals surface area contributed by atoms with Gasteiger partial charge in [0.2, 0.25) is 0 Å². The normalized spacial score (nSPS) is 13.4. The van der Waals surface area contributed by atoms with Crippen molar-refractivity contribution in [3.63, 3.8) is 0 Å². The average molecular weight is 256 g/mol. The Hall–Kier alpha value is -1.38. The number of benzene rings is 2. The predicted octanol–water partition coefficient (Wildman–Crippen LogP) is 3.57. The molecular formula is C17H24N2. The fourth-order valence-corrected chi connectivity index (χ4v) is 2.82. The summed E-state index contributed by atoms with van der Waals surface area (Å²) >= 11 is 0. The summed E-state index contributed by atoms with van der Waals surface area (Å²) in [6, 6.07) is 16.0. The molecule has 0 heterocycles. The second kappa shape index (κ2) is 6.18. The smallest absolute Gasteiger partial charge is 0.0473 e. The van der Waals surface area contributed by atoms with Gasteiger partial charge in [-0.2, -0.15) is 0 Å². The molecule has 102 valence electrons. The molecular weight excluding hydrogens is 232 g/mol. The van der Waals surface area contributed by atoms with Crippen molar-refractivity contribution in [3.8, 4) is 0 Å². The Morgan fingerprint density at radius 2 is 1.74 bits per heavy atom. The lowest BCUT2D eigenvalue weighted by atomic mass is 10.00. The maximum Gasteiger partial charge on any atom is 0.0473 e. The lowest BCUT2D eigenvalue weighted by Gasteiger charge is -2.33. The Morgan fingerprint density at radius 3 is 2.32 bits per heavy atom. The van der Waals surface area contributed by atoms with Gasteiger partial charge in [-0.1, -0.05) is 43.3 Å². The molecule has 0 aliphatic heterocycles. The number of nitrogens with two attached hydrogens (primary N) is 1. The average Bonchev–Trinajstić information content (AvgIpc) is 2.43. The molecule has 2 aromatic rings. The van der Waals surface area contributed by atoms with Crippen LogP contribution in [0.5, 0.6) is 0 Å². The van der Waals surface area contributed by atoms with Crippen LogP contribution in [0.25, 0.3) is 10.8 Å². The van der Waals surface area contributed by atoms with Gasteiger partial charge in [-0.15, -0.1) is 0 Å². The highest BCUT2D eigenvalue weighted by Gasteiger charge is 2.20. The van der Waals surface area contributed by atoms with Crippen LogP contribution < -0.4 is 5.73 Å². The summed E-state index contributed by atoms with van der Waals surface area (Å²) in [5.41, 5.74) is 7.34. The number of hydrogen-bond donors (Lipinski definition) is 1. The first-order valence-electron chi connectivity index (χ1n) is 7.11. The van der Waals surface area contributed by atoms with E-state index in [0.717, 1.165) is 6.54 Å². The molecule has 0 aliphatic carbocycles. The van der Waals surface area contributed by atoms with Gasteiger partial charge in [-0.25, -0.2) is 0 Å². The van der Waals surface area contributed by atoms with Crippen LogP contribution in [0, 0.1) is 0 Å². The highest BCUT2D eigenvalue weighted by atomic mass is 15.2. The molecule has 0 saturated carbocycles. The second-order valence-electron chi connectivity index (χ2n) is 5.28. The Morgan fingerprint density at radius 1 is 1.05 bits per heavy atom. The van der Waals surface area contributed by atoms with Gasteiger partial charge >= 0.3 is 0 Å². The van der Waals surface area contributed by atoms with Gasteiger partial charge in [0.25, 0.3) is 0 Å². The van der Waals surface area contributed by atoms with E-state index in [1.54, 1.807) is 0 Å². The zero-order valence-corrected chi connectivity index (χ0v) is 12.1. The van der Waals surface area contributed by atoms with Crippen LogP contribution in [-0.4, -0.2) is 24.0 Å². The van der Waals surface area contributed by atoms with Gasteiger partial charge in [0.1, 0.15) is 0 Å². The van der Waals surface area contributed by atoms with Crippen LogP contribution in [0.1, 0.15) is 32.4 Å². The molecule has 2 aromatic carbocycles. The number of fused-ring (bicyclic) bond motifs is 1. The Kier molecular flexibility index (Phi) is 4.56. The standard InChI is InChI=1S/C17H24N2/c1-4-19(13(2)3)17(12-18)16-10-9-14-7-5-6-8-15(14)11-16/h5-11,13,17H,4,12,18H2,1-3H3. The number of nitrogens with zero attached hydrogens (tertiary/aromatic N) is 1. The van der Waals surface area contributed by atoms with Crippen LogP contribution in [0.15, 0.2) is 42.5 Å². The monoisotopic (exact) mass is 256 g/mol. The lowest BCUT2D eigenvalue weighted by molar-refractivity contribution is 0.167. The summed E-state index contributed by atoms with van der Waals surface area (Å²) in [6.45, 7) is 8.33. The Labute approximate surface area is 116 Å². The van der Waals surface area contributed by atoms with Crippen molar-refractivity contribution < 1.29 is 0 Å². The summed E-state index contributed by atoms with van der Waals surface area (Å²) in [5.74, 6) is 0. The molecule has 19 heavy (non-hydrogen) atoms. The maximum absolute atomic E-state index is 6.02. The molecule has 2 rings (SSSR count). The zero-order chi connectivity index (χ0) is 13.8. The minimum absolute atomic E-state index is 0.301. The molecule has 2 heteroatoms. The van der Waals surface area contributed by atoms with Gasteiger partial charge in [0, 0.05) is 18.6 Å². The highest BCUT2D eigenvalue weighted by Crippen LogP contribution is 2.25. The Balaban J connectivity index is 2.40. The van der Waals surface area contributed by atoms with Crippen molar-refractivity contribution in [2.24, 2.45) is 5.73 Å². The first-order chi connectivity index (χ1) is 9.17. The molecule has 0 aromatic heterocycles. The summed E-state index contributed by atoms with van der Waals surface area (Å²) in [7, 11) is 0. The van der Waals surface area contributed by atoms with Crippen molar-refractivity contribution in [3.05, 3.63) is 48.0 Å². The third-order valence-electron chi connectivity index (χ3n) is 3.81. The molecule has 0 bridgehead atoms. The van der Waals surface area contributed by atoms with Gasteiger partial charge < -0.3 is 5.73 Å². The first-order valence-corrected chi connectivity index (χ1v) is 7.11. The SMILES string of the molecule is CCN(C(C)C)C(CN)c1ccc2ccccc2c1. The molecule has 0 aliphatic rings. The largest absolute Gasteiger partial charge is 0.329 e. The molecule has 0 fully saturated rings. The third kappa shape index (κ3) is 2.96. The molecule has 1 atom stereocenters. The van der Waals surface area contributed by atoms with Crippen LogP contribution in [-0.2, 0) is 0 Å². The molecule has 2 N–H and O–H groups in total. The van der Waals surface area contributed by atoms with Gasteiger partial charge in [-0.3, -0.25) is 4.90 Å². The fraction of sp³-hybridized carbons (Fsp3) is 0.412.